The van der Waals surface area contributed by atoms with E-state index in [0.717, 1.165) is 21.9 Å². The molecule has 0 aliphatic rings. The largest absolute Gasteiger partial charge is 0.456 e. The highest BCUT2D eigenvalue weighted by atomic mass is 16.7. The van der Waals surface area contributed by atoms with Crippen molar-refractivity contribution in [3.63, 3.8) is 0 Å². The van der Waals surface area contributed by atoms with E-state index in [4.69, 9.17) is 9.25 Å². The average molecular weight is 346 g/mol. The van der Waals surface area contributed by atoms with Crippen molar-refractivity contribution < 1.29 is 14.0 Å². The highest BCUT2D eigenvalue weighted by molar-refractivity contribution is 6.16. The molecular formula is C21H18N2O3. The molecule has 4 aromatic rings. The van der Waals surface area contributed by atoms with Gasteiger partial charge in [-0.1, -0.05) is 30.3 Å². The maximum absolute atomic E-state index is 12.8. The molecule has 5 nitrogen and oxygen atoms in total. The van der Waals surface area contributed by atoms with Crippen LogP contribution in [0.15, 0.2) is 71.4 Å². The molecule has 0 fully saturated rings. The number of nitrogens with one attached hydrogen (secondary N) is 1. The van der Waals surface area contributed by atoms with Gasteiger partial charge in [-0.15, -0.1) is 0 Å². The predicted octanol–water partition coefficient (Wildman–Crippen LogP) is 4.58. The molecule has 0 saturated carbocycles. The third-order valence-corrected chi connectivity index (χ3v) is 4.40. The van der Waals surface area contributed by atoms with E-state index in [1.165, 1.54) is 0 Å². The molecule has 4 rings (SSSR count). The van der Waals surface area contributed by atoms with E-state index in [-0.39, 0.29) is 5.91 Å². The molecule has 0 unspecified atom stereocenters. The predicted molar refractivity (Wildman–Crippen MR) is 99.5 cm³/mol. The van der Waals surface area contributed by atoms with E-state index in [1.54, 1.807) is 24.5 Å². The summed E-state index contributed by atoms with van der Waals surface area (Å²) in [5, 5.41) is 1.68. The van der Waals surface area contributed by atoms with Crippen molar-refractivity contribution in [1.29, 1.82) is 0 Å². The second kappa shape index (κ2) is 6.28. The maximum atomic E-state index is 12.8. The van der Waals surface area contributed by atoms with E-state index in [0.29, 0.717) is 11.1 Å². The van der Waals surface area contributed by atoms with Crippen LogP contribution in [0.3, 0.4) is 0 Å². The summed E-state index contributed by atoms with van der Waals surface area (Å²) in [7, 11) is 0. The molecule has 0 aliphatic carbocycles. The lowest BCUT2D eigenvalue weighted by Crippen LogP contribution is -2.34. The van der Waals surface area contributed by atoms with Crippen molar-refractivity contribution in [3.8, 4) is 0 Å². The van der Waals surface area contributed by atoms with Gasteiger partial charge in [-0.05, 0) is 38.1 Å². The summed E-state index contributed by atoms with van der Waals surface area (Å²) in [5.74, 6) is -0.320. The monoisotopic (exact) mass is 346 g/mol. The molecule has 0 radical (unpaired) electrons. The van der Waals surface area contributed by atoms with E-state index in [1.807, 2.05) is 56.3 Å². The lowest BCUT2D eigenvalue weighted by atomic mass is 10.0. The fourth-order valence-electron chi connectivity index (χ4n) is 2.97. The normalized spacial score (nSPS) is 11.8. The van der Waals surface area contributed by atoms with Gasteiger partial charge in [0.2, 0.25) is 0 Å². The van der Waals surface area contributed by atoms with Gasteiger partial charge >= 0.3 is 0 Å². The molecule has 0 saturated heterocycles. The highest BCUT2D eigenvalue weighted by Gasteiger charge is 2.24. The molecule has 1 amide bonds. The molecule has 26 heavy (non-hydrogen) atoms. The van der Waals surface area contributed by atoms with Gasteiger partial charge in [-0.2, -0.15) is 0 Å². The number of hydroxylamine groups is 1. The number of furan rings is 1. The zero-order chi connectivity index (χ0) is 18.1. The second-order valence-corrected chi connectivity index (χ2v) is 6.56. The topological polar surface area (TPSA) is 64.4 Å². The first-order valence-electron chi connectivity index (χ1n) is 8.35. The number of pyridine rings is 1. The minimum Gasteiger partial charge on any atom is -0.456 e. The van der Waals surface area contributed by atoms with Crippen LogP contribution < -0.4 is 5.48 Å². The maximum Gasteiger partial charge on any atom is 0.275 e. The number of hydrogen-bond acceptors (Lipinski definition) is 4. The lowest BCUT2D eigenvalue weighted by Gasteiger charge is -2.24. The van der Waals surface area contributed by atoms with Gasteiger partial charge in [0.15, 0.2) is 0 Å². The van der Waals surface area contributed by atoms with Crippen LogP contribution in [-0.4, -0.2) is 10.9 Å². The summed E-state index contributed by atoms with van der Waals surface area (Å²) >= 11 is 0. The van der Waals surface area contributed by atoms with Crippen LogP contribution in [-0.2, 0) is 10.4 Å². The Kier molecular flexibility index (Phi) is 3.93. The Morgan fingerprint density at radius 3 is 2.65 bits per heavy atom. The van der Waals surface area contributed by atoms with Crippen molar-refractivity contribution in [1.82, 2.24) is 10.5 Å². The number of carbonyl (C=O) groups excluding carboxylic acids is 1. The Morgan fingerprint density at radius 2 is 1.85 bits per heavy atom. The van der Waals surface area contributed by atoms with E-state index >= 15 is 0 Å². The van der Waals surface area contributed by atoms with Crippen LogP contribution in [0.4, 0.5) is 0 Å². The zero-order valence-corrected chi connectivity index (χ0v) is 14.5. The van der Waals surface area contributed by atoms with Crippen LogP contribution in [0.2, 0.25) is 0 Å². The van der Waals surface area contributed by atoms with Crippen LogP contribution in [0.25, 0.3) is 21.9 Å². The molecule has 5 heteroatoms. The number of carbonyl (C=O) groups is 1. The molecular weight excluding hydrogens is 328 g/mol. The Labute approximate surface area is 150 Å². The third-order valence-electron chi connectivity index (χ3n) is 4.40. The summed E-state index contributed by atoms with van der Waals surface area (Å²) in [6.07, 6.45) is 3.42. The van der Waals surface area contributed by atoms with E-state index < -0.39 is 5.60 Å². The zero-order valence-electron chi connectivity index (χ0n) is 14.5. The number of aromatic nitrogens is 1. The smallest absolute Gasteiger partial charge is 0.275 e. The molecule has 0 atom stereocenters. The number of nitrogens with zero attached hydrogens (tertiary/aromatic N) is 1. The first-order chi connectivity index (χ1) is 12.6. The van der Waals surface area contributed by atoms with Crippen molar-refractivity contribution in [2.75, 3.05) is 0 Å². The molecule has 2 aromatic carbocycles. The number of para-hydroxylation sites is 1. The van der Waals surface area contributed by atoms with E-state index in [2.05, 4.69) is 10.5 Å². The second-order valence-electron chi connectivity index (χ2n) is 6.56. The van der Waals surface area contributed by atoms with Crippen molar-refractivity contribution in [3.05, 3.63) is 78.1 Å². The molecule has 2 heterocycles. The minimum absolute atomic E-state index is 0.320. The Morgan fingerprint density at radius 1 is 1.04 bits per heavy atom. The molecule has 0 aliphatic heterocycles. The Hall–Kier alpha value is -3.18. The third kappa shape index (κ3) is 2.82. The fraction of sp³-hybridized carbons (Fsp3) is 0.143. The lowest BCUT2D eigenvalue weighted by molar-refractivity contribution is -0.0749. The first kappa shape index (κ1) is 16.3. The van der Waals surface area contributed by atoms with Gasteiger partial charge in [-0.25, -0.2) is 5.48 Å². The summed E-state index contributed by atoms with van der Waals surface area (Å²) in [5.41, 5.74) is 4.66. The van der Waals surface area contributed by atoms with Gasteiger partial charge in [0.1, 0.15) is 16.8 Å². The van der Waals surface area contributed by atoms with Crippen molar-refractivity contribution >= 4 is 27.8 Å². The summed E-state index contributed by atoms with van der Waals surface area (Å²) in [4.78, 5) is 22.6. The molecule has 0 bridgehead atoms. The standard InChI is InChI=1S/C21H18N2O3/c1-21(2,14-7-6-12-22-13-14)26-23-20(24)16-9-5-11-18-19(16)15-8-3-4-10-17(15)25-18/h3-13H,1-2H3,(H,23,24). The van der Waals surface area contributed by atoms with Gasteiger partial charge < -0.3 is 4.42 Å². The SMILES string of the molecule is CC(C)(ONC(=O)c1cccc2oc3ccccc3c12)c1cccnc1. The number of fused-ring (bicyclic) bond motifs is 3. The number of amides is 1. The molecule has 0 spiro atoms. The van der Waals surface area contributed by atoms with E-state index in [9.17, 15) is 4.79 Å². The fourth-order valence-corrected chi connectivity index (χ4v) is 2.97. The molecule has 130 valence electrons. The summed E-state index contributed by atoms with van der Waals surface area (Å²) in [6, 6.07) is 16.8. The van der Waals surface area contributed by atoms with Crippen LogP contribution in [0, 0.1) is 0 Å². The number of benzene rings is 2. The Balaban J connectivity index is 1.65. The molecule has 2 aromatic heterocycles. The van der Waals surface area contributed by atoms with Gasteiger partial charge in [0, 0.05) is 28.7 Å². The van der Waals surface area contributed by atoms with Gasteiger partial charge in [0.05, 0.1) is 5.56 Å². The van der Waals surface area contributed by atoms with Gasteiger partial charge in [0.25, 0.3) is 5.91 Å². The summed E-state index contributed by atoms with van der Waals surface area (Å²) in [6.45, 7) is 3.75. The summed E-state index contributed by atoms with van der Waals surface area (Å²) < 4.78 is 5.83. The molecule has 1 N–H and O–H groups in total. The highest BCUT2D eigenvalue weighted by Crippen LogP contribution is 2.31. The van der Waals surface area contributed by atoms with Crippen LogP contribution >= 0.6 is 0 Å². The number of rotatable bonds is 4. The first-order valence-corrected chi connectivity index (χ1v) is 8.35. The number of hydrogen-bond donors (Lipinski definition) is 1. The van der Waals surface area contributed by atoms with Crippen LogP contribution in [0.5, 0.6) is 0 Å². The quantitative estimate of drug-likeness (QED) is 0.550. The van der Waals surface area contributed by atoms with Gasteiger partial charge in [-0.3, -0.25) is 14.6 Å². The van der Waals surface area contributed by atoms with Crippen molar-refractivity contribution in [2.24, 2.45) is 0 Å². The average Bonchev–Trinajstić information content (AvgIpc) is 3.05. The van der Waals surface area contributed by atoms with Crippen LogP contribution in [0.1, 0.15) is 29.8 Å². The Bertz CT molecular complexity index is 1080. The minimum atomic E-state index is -0.712. The van der Waals surface area contributed by atoms with Crippen molar-refractivity contribution in [2.45, 2.75) is 19.4 Å².